The third-order valence-corrected chi connectivity index (χ3v) is 2.88. The monoisotopic (exact) mass is 310 g/mol. The number of carbonyl (C=O) groups is 1. The van der Waals surface area contributed by atoms with Crippen LogP contribution < -0.4 is 15.8 Å². The Labute approximate surface area is 131 Å². The largest absolute Gasteiger partial charge is 0.503 e. The Balaban J connectivity index is 2.96. The number of aromatic hydroxyl groups is 1. The van der Waals surface area contributed by atoms with Crippen LogP contribution in [0.5, 0.6) is 11.5 Å². The zero-order valence-corrected chi connectivity index (χ0v) is 13.9. The van der Waals surface area contributed by atoms with Crippen molar-refractivity contribution < 1.29 is 19.4 Å². The van der Waals surface area contributed by atoms with Crippen molar-refractivity contribution in [1.82, 2.24) is 0 Å². The molecule has 1 atom stereocenters. The predicted octanol–water partition coefficient (Wildman–Crippen LogP) is 3.03. The first kappa shape index (κ1) is 18.1. The number of ether oxygens (including phenoxy) is 2. The van der Waals surface area contributed by atoms with Crippen molar-refractivity contribution in [2.75, 3.05) is 12.4 Å². The first-order chi connectivity index (χ1) is 10.1. The number of aryl methyl sites for hydroxylation is 1. The highest BCUT2D eigenvalue weighted by molar-refractivity contribution is 5.88. The fourth-order valence-electron chi connectivity index (χ4n) is 1.87. The first-order valence-electron chi connectivity index (χ1n) is 7.28. The van der Waals surface area contributed by atoms with E-state index in [1.165, 1.54) is 7.11 Å². The molecule has 4 N–H and O–H groups in total. The lowest BCUT2D eigenvalue weighted by Crippen LogP contribution is -2.27. The zero-order chi connectivity index (χ0) is 16.9. The molecule has 0 aliphatic rings. The molecule has 6 nitrogen and oxygen atoms in total. The average Bonchev–Trinajstić information content (AvgIpc) is 2.37. The normalized spacial score (nSPS) is 12.6. The van der Waals surface area contributed by atoms with Gasteiger partial charge in [0.25, 0.3) is 0 Å². The Morgan fingerprint density at radius 2 is 2.05 bits per heavy atom. The Bertz CT molecular complexity index is 522. The third-order valence-electron chi connectivity index (χ3n) is 2.88. The van der Waals surface area contributed by atoms with Crippen LogP contribution >= 0.6 is 0 Å². The van der Waals surface area contributed by atoms with Crippen molar-refractivity contribution in [2.45, 2.75) is 52.2 Å². The molecule has 1 amide bonds. The number of amides is 1. The number of carbonyl (C=O) groups excluding carboxylic acids is 1. The molecule has 0 aliphatic heterocycles. The van der Waals surface area contributed by atoms with Crippen LogP contribution in [0.1, 0.15) is 39.7 Å². The number of hydrogen-bond donors (Lipinski definition) is 3. The molecule has 0 aliphatic carbocycles. The minimum atomic E-state index is -0.630. The number of nitrogens with one attached hydrogen (secondary N) is 1. The summed E-state index contributed by atoms with van der Waals surface area (Å²) in [5.74, 6) is 0.172. The lowest BCUT2D eigenvalue weighted by molar-refractivity contribution is 0.0635. The molecule has 0 unspecified atom stereocenters. The number of benzene rings is 1. The van der Waals surface area contributed by atoms with Gasteiger partial charge in [-0.15, -0.1) is 0 Å². The summed E-state index contributed by atoms with van der Waals surface area (Å²) in [4.78, 5) is 11.9. The Morgan fingerprint density at radius 3 is 2.55 bits per heavy atom. The van der Waals surface area contributed by atoms with E-state index in [2.05, 4.69) is 5.32 Å². The van der Waals surface area contributed by atoms with Gasteiger partial charge in [-0.25, -0.2) is 4.79 Å². The molecule has 0 saturated heterocycles. The second-order valence-corrected chi connectivity index (χ2v) is 6.34. The van der Waals surface area contributed by atoms with Crippen LogP contribution in [0.3, 0.4) is 0 Å². The molecule has 1 aromatic rings. The highest BCUT2D eigenvalue weighted by atomic mass is 16.6. The molecule has 22 heavy (non-hydrogen) atoms. The van der Waals surface area contributed by atoms with Gasteiger partial charge in [-0.3, -0.25) is 5.32 Å². The number of hydrogen-bond acceptors (Lipinski definition) is 5. The molecular weight excluding hydrogens is 284 g/mol. The summed E-state index contributed by atoms with van der Waals surface area (Å²) in [5, 5.41) is 12.7. The fraction of sp³-hybridized carbons (Fsp3) is 0.562. The molecular formula is C16H26N2O4. The highest BCUT2D eigenvalue weighted by Gasteiger charge is 2.19. The maximum absolute atomic E-state index is 11.9. The second kappa shape index (κ2) is 7.35. The van der Waals surface area contributed by atoms with Gasteiger partial charge in [-0.05, 0) is 58.2 Å². The molecule has 0 aromatic heterocycles. The van der Waals surface area contributed by atoms with E-state index in [-0.39, 0.29) is 17.5 Å². The lowest BCUT2D eigenvalue weighted by Gasteiger charge is -2.20. The molecule has 6 heteroatoms. The maximum atomic E-state index is 11.9. The molecule has 0 bridgehead atoms. The van der Waals surface area contributed by atoms with Gasteiger partial charge in [0.2, 0.25) is 0 Å². The Morgan fingerprint density at radius 1 is 1.41 bits per heavy atom. The average molecular weight is 310 g/mol. The molecule has 1 aromatic carbocycles. The van der Waals surface area contributed by atoms with E-state index in [4.69, 9.17) is 15.2 Å². The van der Waals surface area contributed by atoms with Gasteiger partial charge in [-0.1, -0.05) is 0 Å². The van der Waals surface area contributed by atoms with Crippen LogP contribution in [0.15, 0.2) is 12.1 Å². The van der Waals surface area contributed by atoms with E-state index in [1.54, 1.807) is 32.9 Å². The molecule has 1 rings (SSSR count). The number of rotatable bonds is 5. The summed E-state index contributed by atoms with van der Waals surface area (Å²) in [7, 11) is 1.46. The summed E-state index contributed by atoms with van der Waals surface area (Å²) < 4.78 is 10.3. The van der Waals surface area contributed by atoms with Crippen LogP contribution in [0.25, 0.3) is 0 Å². The van der Waals surface area contributed by atoms with E-state index in [0.717, 1.165) is 18.4 Å². The van der Waals surface area contributed by atoms with Crippen molar-refractivity contribution >= 4 is 11.8 Å². The fourth-order valence-corrected chi connectivity index (χ4v) is 1.87. The third kappa shape index (κ3) is 5.81. The molecule has 0 heterocycles. The first-order valence-corrected chi connectivity index (χ1v) is 7.28. The molecule has 0 radical (unpaired) electrons. The number of phenols is 1. The van der Waals surface area contributed by atoms with Gasteiger partial charge >= 0.3 is 6.09 Å². The second-order valence-electron chi connectivity index (χ2n) is 6.34. The molecule has 0 saturated carbocycles. The molecule has 124 valence electrons. The molecule has 0 fully saturated rings. The van der Waals surface area contributed by atoms with Crippen LogP contribution in [0.4, 0.5) is 10.5 Å². The summed E-state index contributed by atoms with van der Waals surface area (Å²) >= 11 is 0. The van der Waals surface area contributed by atoms with Crippen molar-refractivity contribution in [3.8, 4) is 11.5 Å². The van der Waals surface area contributed by atoms with E-state index in [1.807, 2.05) is 6.92 Å². The van der Waals surface area contributed by atoms with E-state index in [9.17, 15) is 9.90 Å². The summed E-state index contributed by atoms with van der Waals surface area (Å²) in [6.45, 7) is 7.24. The quantitative estimate of drug-likeness (QED) is 0.727. The summed E-state index contributed by atoms with van der Waals surface area (Å²) in [6, 6.07) is 3.50. The van der Waals surface area contributed by atoms with Crippen molar-refractivity contribution in [1.29, 1.82) is 0 Å². The minimum Gasteiger partial charge on any atom is -0.503 e. The zero-order valence-electron chi connectivity index (χ0n) is 13.9. The predicted molar refractivity (Wildman–Crippen MR) is 86.5 cm³/mol. The van der Waals surface area contributed by atoms with Gasteiger partial charge < -0.3 is 20.3 Å². The topological polar surface area (TPSA) is 93.8 Å². The Kier molecular flexibility index (Phi) is 6.05. The number of anilines is 1. The Hall–Kier alpha value is -1.95. The van der Waals surface area contributed by atoms with Crippen molar-refractivity contribution in [3.05, 3.63) is 17.7 Å². The summed E-state index contributed by atoms with van der Waals surface area (Å²) in [5.41, 5.74) is 6.32. The molecule has 0 spiro atoms. The van der Waals surface area contributed by atoms with Crippen molar-refractivity contribution in [2.24, 2.45) is 5.73 Å². The van der Waals surface area contributed by atoms with E-state index >= 15 is 0 Å². The lowest BCUT2D eigenvalue weighted by atomic mass is 10.0. The van der Waals surface area contributed by atoms with Crippen LogP contribution in [0, 0.1) is 0 Å². The maximum Gasteiger partial charge on any atom is 0.412 e. The SMILES string of the molecule is COc1cc(CC[C@@H](C)N)cc(NC(=O)OC(C)(C)C)c1O. The van der Waals surface area contributed by atoms with Gasteiger partial charge in [0.15, 0.2) is 11.5 Å². The van der Waals surface area contributed by atoms with E-state index in [0.29, 0.717) is 5.75 Å². The standard InChI is InChI=1S/C16H26N2O4/c1-10(17)6-7-11-8-12(14(19)13(9-11)21-5)18-15(20)22-16(2,3)4/h8-10,19H,6-7,17H2,1-5H3,(H,18,20)/t10-/m1/s1. The summed E-state index contributed by atoms with van der Waals surface area (Å²) in [6.07, 6.45) is 0.881. The smallest absolute Gasteiger partial charge is 0.412 e. The van der Waals surface area contributed by atoms with Gasteiger partial charge in [-0.2, -0.15) is 0 Å². The number of phenolic OH excluding ortho intramolecular Hbond substituents is 1. The van der Waals surface area contributed by atoms with Crippen LogP contribution in [-0.2, 0) is 11.2 Å². The van der Waals surface area contributed by atoms with Crippen LogP contribution in [0.2, 0.25) is 0 Å². The van der Waals surface area contributed by atoms with Crippen molar-refractivity contribution in [3.63, 3.8) is 0 Å². The number of methoxy groups -OCH3 is 1. The van der Waals surface area contributed by atoms with E-state index < -0.39 is 11.7 Å². The van der Waals surface area contributed by atoms with Gasteiger partial charge in [0, 0.05) is 6.04 Å². The number of nitrogens with two attached hydrogens (primary N) is 1. The van der Waals surface area contributed by atoms with Gasteiger partial charge in [0.05, 0.1) is 12.8 Å². The minimum absolute atomic E-state index is 0.0714. The van der Waals surface area contributed by atoms with Gasteiger partial charge in [0.1, 0.15) is 5.60 Å². The van der Waals surface area contributed by atoms with Crippen LogP contribution in [-0.4, -0.2) is 30.0 Å². The highest BCUT2D eigenvalue weighted by Crippen LogP contribution is 2.36.